The summed E-state index contributed by atoms with van der Waals surface area (Å²) in [4.78, 5) is 11.5. The lowest BCUT2D eigenvalue weighted by Crippen LogP contribution is -1.98. The zero-order valence-corrected chi connectivity index (χ0v) is 8.70. The molecule has 3 rings (SSSR count). The van der Waals surface area contributed by atoms with Gasteiger partial charge in [0.05, 0.1) is 0 Å². The van der Waals surface area contributed by atoms with Gasteiger partial charge in [-0.25, -0.2) is 0 Å². The standard InChI is InChI=1S/C14H14O/c15-12-8-11-6-3-5-10-4-1-2-7-13(10)14(11)9-12/h1-2,4,7,9,11H,3,5-6,8H2. The van der Waals surface area contributed by atoms with Gasteiger partial charge in [0.15, 0.2) is 5.78 Å². The van der Waals surface area contributed by atoms with Crippen LogP contribution in [0, 0.1) is 5.92 Å². The molecule has 2 aliphatic rings. The Labute approximate surface area is 89.8 Å². The van der Waals surface area contributed by atoms with Crippen LogP contribution in [-0.4, -0.2) is 5.78 Å². The van der Waals surface area contributed by atoms with Crippen LogP contribution in [0.15, 0.2) is 30.3 Å². The third-order valence-electron chi connectivity index (χ3n) is 3.53. The van der Waals surface area contributed by atoms with E-state index in [-0.39, 0.29) is 0 Å². The number of ketones is 1. The second-order valence-electron chi connectivity index (χ2n) is 4.52. The molecule has 0 spiro atoms. The second-order valence-corrected chi connectivity index (χ2v) is 4.52. The third-order valence-corrected chi connectivity index (χ3v) is 3.53. The summed E-state index contributed by atoms with van der Waals surface area (Å²) in [5.41, 5.74) is 4.04. The molecule has 0 saturated heterocycles. The molecule has 0 bridgehead atoms. The molecule has 0 aliphatic heterocycles. The Bertz CT molecular complexity index is 442. The van der Waals surface area contributed by atoms with Crippen molar-refractivity contribution in [1.29, 1.82) is 0 Å². The SMILES string of the molecule is O=C1C=C2c3ccccc3CCCC2C1. The fraction of sp³-hybridized carbons (Fsp3) is 0.357. The number of hydrogen-bond donors (Lipinski definition) is 0. The fourth-order valence-electron chi connectivity index (χ4n) is 2.82. The highest BCUT2D eigenvalue weighted by Crippen LogP contribution is 2.39. The fourth-order valence-corrected chi connectivity index (χ4v) is 2.82. The van der Waals surface area contributed by atoms with Crippen molar-refractivity contribution in [3.8, 4) is 0 Å². The van der Waals surface area contributed by atoms with Gasteiger partial charge < -0.3 is 0 Å². The highest BCUT2D eigenvalue weighted by molar-refractivity contribution is 6.03. The van der Waals surface area contributed by atoms with Gasteiger partial charge in [0.25, 0.3) is 0 Å². The lowest BCUT2D eigenvalue weighted by molar-refractivity contribution is -0.114. The van der Waals surface area contributed by atoms with Crippen LogP contribution < -0.4 is 0 Å². The van der Waals surface area contributed by atoms with Crippen molar-refractivity contribution in [2.24, 2.45) is 5.92 Å². The normalized spacial score (nSPS) is 24.1. The summed E-state index contributed by atoms with van der Waals surface area (Å²) in [5, 5.41) is 0. The zero-order valence-electron chi connectivity index (χ0n) is 8.70. The van der Waals surface area contributed by atoms with E-state index in [4.69, 9.17) is 0 Å². The number of fused-ring (bicyclic) bond motifs is 3. The molecule has 0 radical (unpaired) electrons. The van der Waals surface area contributed by atoms with Gasteiger partial charge in [-0.3, -0.25) is 4.79 Å². The van der Waals surface area contributed by atoms with E-state index in [0.717, 1.165) is 12.8 Å². The molecule has 0 fully saturated rings. The molecule has 2 aliphatic carbocycles. The van der Waals surface area contributed by atoms with Gasteiger partial charge in [-0.2, -0.15) is 0 Å². The Morgan fingerprint density at radius 1 is 1.20 bits per heavy atom. The average molecular weight is 198 g/mol. The van der Waals surface area contributed by atoms with Gasteiger partial charge in [0, 0.05) is 6.42 Å². The highest BCUT2D eigenvalue weighted by Gasteiger charge is 2.28. The van der Waals surface area contributed by atoms with E-state index in [2.05, 4.69) is 24.3 Å². The van der Waals surface area contributed by atoms with E-state index in [0.29, 0.717) is 11.7 Å². The Morgan fingerprint density at radius 3 is 3.00 bits per heavy atom. The summed E-state index contributed by atoms with van der Waals surface area (Å²) >= 11 is 0. The quantitative estimate of drug-likeness (QED) is 0.626. The number of carbonyl (C=O) groups excluding carboxylic acids is 1. The van der Waals surface area contributed by atoms with Crippen molar-refractivity contribution in [1.82, 2.24) is 0 Å². The largest absolute Gasteiger partial charge is 0.295 e. The first-order valence-electron chi connectivity index (χ1n) is 5.67. The monoisotopic (exact) mass is 198 g/mol. The smallest absolute Gasteiger partial charge is 0.156 e. The van der Waals surface area contributed by atoms with Gasteiger partial charge >= 0.3 is 0 Å². The Hall–Kier alpha value is -1.37. The Kier molecular flexibility index (Phi) is 1.98. The van der Waals surface area contributed by atoms with Crippen LogP contribution in [0.25, 0.3) is 5.57 Å². The van der Waals surface area contributed by atoms with Crippen molar-refractivity contribution in [3.63, 3.8) is 0 Å². The highest BCUT2D eigenvalue weighted by atomic mass is 16.1. The lowest BCUT2D eigenvalue weighted by atomic mass is 9.93. The van der Waals surface area contributed by atoms with E-state index < -0.39 is 0 Å². The topological polar surface area (TPSA) is 17.1 Å². The maximum absolute atomic E-state index is 11.5. The molecule has 76 valence electrons. The molecule has 0 saturated carbocycles. The lowest BCUT2D eigenvalue weighted by Gasteiger charge is -2.11. The molecule has 0 amide bonds. The van der Waals surface area contributed by atoms with E-state index >= 15 is 0 Å². The summed E-state index contributed by atoms with van der Waals surface area (Å²) < 4.78 is 0. The number of benzene rings is 1. The molecule has 1 aromatic carbocycles. The number of aryl methyl sites for hydroxylation is 1. The van der Waals surface area contributed by atoms with Crippen LogP contribution in [0.1, 0.15) is 30.4 Å². The van der Waals surface area contributed by atoms with E-state index in [1.54, 1.807) is 0 Å². The van der Waals surface area contributed by atoms with Crippen molar-refractivity contribution >= 4 is 11.4 Å². The zero-order chi connectivity index (χ0) is 10.3. The van der Waals surface area contributed by atoms with Gasteiger partial charge in [0.1, 0.15) is 0 Å². The Morgan fingerprint density at radius 2 is 2.07 bits per heavy atom. The molecule has 15 heavy (non-hydrogen) atoms. The second kappa shape index (κ2) is 3.34. The molecular formula is C14H14O. The van der Waals surface area contributed by atoms with Crippen LogP contribution in [-0.2, 0) is 11.2 Å². The average Bonchev–Trinajstić information content (AvgIpc) is 2.52. The van der Waals surface area contributed by atoms with E-state index in [1.807, 2.05) is 6.08 Å². The summed E-state index contributed by atoms with van der Waals surface area (Å²) in [7, 11) is 0. The number of hydrogen-bond acceptors (Lipinski definition) is 1. The predicted molar refractivity (Wildman–Crippen MR) is 60.5 cm³/mol. The van der Waals surface area contributed by atoms with Gasteiger partial charge in [-0.1, -0.05) is 24.3 Å². The summed E-state index contributed by atoms with van der Waals surface area (Å²) in [6.45, 7) is 0. The van der Waals surface area contributed by atoms with Gasteiger partial charge in [-0.05, 0) is 48.0 Å². The minimum Gasteiger partial charge on any atom is -0.295 e. The predicted octanol–water partition coefficient (Wildman–Crippen LogP) is 3.00. The number of carbonyl (C=O) groups is 1. The number of rotatable bonds is 0. The van der Waals surface area contributed by atoms with Crippen molar-refractivity contribution in [3.05, 3.63) is 41.5 Å². The first kappa shape index (κ1) is 8.90. The first-order chi connectivity index (χ1) is 7.34. The maximum atomic E-state index is 11.5. The van der Waals surface area contributed by atoms with Gasteiger partial charge in [-0.15, -0.1) is 0 Å². The molecule has 0 aromatic heterocycles. The molecule has 1 atom stereocenters. The van der Waals surface area contributed by atoms with Crippen LogP contribution in [0.2, 0.25) is 0 Å². The van der Waals surface area contributed by atoms with E-state index in [9.17, 15) is 4.79 Å². The Balaban J connectivity index is 2.15. The van der Waals surface area contributed by atoms with Crippen LogP contribution in [0.4, 0.5) is 0 Å². The molecular weight excluding hydrogens is 184 g/mol. The molecule has 1 heteroatoms. The summed E-state index contributed by atoms with van der Waals surface area (Å²) in [6.07, 6.45) is 6.16. The van der Waals surface area contributed by atoms with E-state index in [1.165, 1.54) is 29.5 Å². The third kappa shape index (κ3) is 1.43. The molecule has 1 aromatic rings. The van der Waals surface area contributed by atoms with Crippen LogP contribution in [0.3, 0.4) is 0 Å². The summed E-state index contributed by atoms with van der Waals surface area (Å²) in [5.74, 6) is 0.813. The van der Waals surface area contributed by atoms with Gasteiger partial charge in [0.2, 0.25) is 0 Å². The molecule has 1 nitrogen and oxygen atoms in total. The minimum atomic E-state index is 0.312. The molecule has 0 heterocycles. The van der Waals surface area contributed by atoms with Crippen LogP contribution >= 0.6 is 0 Å². The van der Waals surface area contributed by atoms with Crippen molar-refractivity contribution < 1.29 is 4.79 Å². The van der Waals surface area contributed by atoms with Crippen molar-refractivity contribution in [2.75, 3.05) is 0 Å². The first-order valence-corrected chi connectivity index (χ1v) is 5.67. The summed E-state index contributed by atoms with van der Waals surface area (Å²) in [6, 6.07) is 8.53. The minimum absolute atomic E-state index is 0.312. The number of allylic oxidation sites excluding steroid dienone is 2. The van der Waals surface area contributed by atoms with Crippen LogP contribution in [0.5, 0.6) is 0 Å². The molecule has 1 unspecified atom stereocenters. The maximum Gasteiger partial charge on any atom is 0.156 e. The molecule has 0 N–H and O–H groups in total. The van der Waals surface area contributed by atoms with Crippen molar-refractivity contribution in [2.45, 2.75) is 25.7 Å².